The van der Waals surface area contributed by atoms with Gasteiger partial charge in [-0.1, -0.05) is 24.6 Å². The molecule has 0 aliphatic heterocycles. The van der Waals surface area contributed by atoms with E-state index in [1.54, 1.807) is 16.8 Å². The Balaban J connectivity index is 2.40. The highest BCUT2D eigenvalue weighted by molar-refractivity contribution is 6.31. The van der Waals surface area contributed by atoms with Crippen molar-refractivity contribution in [3.05, 3.63) is 51.6 Å². The van der Waals surface area contributed by atoms with Gasteiger partial charge in [-0.3, -0.25) is 4.68 Å². The monoisotopic (exact) mass is 314 g/mol. The molecule has 5 heteroatoms. The highest BCUT2D eigenvalue weighted by Gasteiger charge is 2.19. The molecule has 0 amide bonds. The van der Waals surface area contributed by atoms with Crippen LogP contribution < -0.4 is 0 Å². The minimum atomic E-state index is -0.315. The highest BCUT2D eigenvalue weighted by atomic mass is 35.5. The van der Waals surface area contributed by atoms with Gasteiger partial charge in [-0.05, 0) is 32.4 Å². The van der Waals surface area contributed by atoms with Crippen molar-refractivity contribution in [1.82, 2.24) is 9.78 Å². The normalized spacial score (nSPS) is 12.7. The second-order valence-electron chi connectivity index (χ2n) is 4.82. The number of alkyl halides is 1. The van der Waals surface area contributed by atoms with Crippen molar-refractivity contribution < 1.29 is 4.39 Å². The highest BCUT2D eigenvalue weighted by Crippen LogP contribution is 2.30. The van der Waals surface area contributed by atoms with Crippen LogP contribution in [0.1, 0.15) is 41.2 Å². The Morgan fingerprint density at radius 1 is 1.35 bits per heavy atom. The van der Waals surface area contributed by atoms with E-state index in [4.69, 9.17) is 23.2 Å². The van der Waals surface area contributed by atoms with Crippen LogP contribution in [0.25, 0.3) is 0 Å². The molecule has 1 aromatic heterocycles. The Morgan fingerprint density at radius 2 is 2.05 bits per heavy atom. The SMILES string of the molecule is CCC(Cl)c1c(C)nn(Cc2c(F)cccc2Cl)c1C. The van der Waals surface area contributed by atoms with Crippen LogP contribution in [0.2, 0.25) is 5.02 Å². The predicted molar refractivity (Wildman–Crippen MR) is 81.1 cm³/mol. The van der Waals surface area contributed by atoms with Gasteiger partial charge < -0.3 is 0 Å². The Hall–Kier alpha value is -1.06. The molecule has 0 radical (unpaired) electrons. The van der Waals surface area contributed by atoms with Gasteiger partial charge in [0.25, 0.3) is 0 Å². The van der Waals surface area contributed by atoms with Gasteiger partial charge in [0.2, 0.25) is 0 Å². The molecule has 1 heterocycles. The van der Waals surface area contributed by atoms with Gasteiger partial charge in [0.1, 0.15) is 5.82 Å². The van der Waals surface area contributed by atoms with Gasteiger partial charge in [0, 0.05) is 21.8 Å². The zero-order chi connectivity index (χ0) is 14.9. The van der Waals surface area contributed by atoms with E-state index in [0.717, 1.165) is 23.4 Å². The van der Waals surface area contributed by atoms with Gasteiger partial charge in [-0.15, -0.1) is 11.6 Å². The van der Waals surface area contributed by atoms with Gasteiger partial charge in [0.05, 0.1) is 17.6 Å². The van der Waals surface area contributed by atoms with E-state index in [-0.39, 0.29) is 11.2 Å². The van der Waals surface area contributed by atoms with Crippen molar-refractivity contribution in [2.24, 2.45) is 0 Å². The molecule has 0 N–H and O–H groups in total. The maximum absolute atomic E-state index is 13.8. The molecular formula is C15H17Cl2FN2. The smallest absolute Gasteiger partial charge is 0.129 e. The fraction of sp³-hybridized carbons (Fsp3) is 0.400. The van der Waals surface area contributed by atoms with E-state index in [9.17, 15) is 4.39 Å². The van der Waals surface area contributed by atoms with E-state index >= 15 is 0 Å². The third-order valence-electron chi connectivity index (χ3n) is 3.48. The lowest BCUT2D eigenvalue weighted by molar-refractivity contribution is 0.578. The van der Waals surface area contributed by atoms with E-state index in [1.165, 1.54) is 6.07 Å². The summed E-state index contributed by atoms with van der Waals surface area (Å²) in [4.78, 5) is 0. The summed E-state index contributed by atoms with van der Waals surface area (Å²) < 4.78 is 15.6. The number of aryl methyl sites for hydroxylation is 1. The van der Waals surface area contributed by atoms with E-state index in [1.807, 2.05) is 20.8 Å². The number of hydrogen-bond acceptors (Lipinski definition) is 1. The second-order valence-corrected chi connectivity index (χ2v) is 5.75. The molecule has 1 aromatic carbocycles. The molecule has 108 valence electrons. The van der Waals surface area contributed by atoms with Crippen molar-refractivity contribution in [2.45, 2.75) is 39.1 Å². The Labute approximate surface area is 128 Å². The molecule has 0 aliphatic carbocycles. The molecule has 20 heavy (non-hydrogen) atoms. The van der Waals surface area contributed by atoms with Crippen molar-refractivity contribution in [3.8, 4) is 0 Å². The summed E-state index contributed by atoms with van der Waals surface area (Å²) in [6.07, 6.45) is 0.829. The van der Waals surface area contributed by atoms with Gasteiger partial charge in [-0.2, -0.15) is 5.10 Å². The summed E-state index contributed by atoms with van der Waals surface area (Å²) in [5.41, 5.74) is 3.33. The zero-order valence-electron chi connectivity index (χ0n) is 11.8. The fourth-order valence-electron chi connectivity index (χ4n) is 2.36. The molecule has 2 nitrogen and oxygen atoms in total. The van der Waals surface area contributed by atoms with E-state index in [2.05, 4.69) is 5.10 Å². The lowest BCUT2D eigenvalue weighted by Gasteiger charge is -2.10. The summed E-state index contributed by atoms with van der Waals surface area (Å²) in [6.45, 7) is 6.22. The lowest BCUT2D eigenvalue weighted by Crippen LogP contribution is -2.07. The molecule has 0 saturated heterocycles. The van der Waals surface area contributed by atoms with Crippen molar-refractivity contribution in [3.63, 3.8) is 0 Å². The molecule has 0 aliphatic rings. The van der Waals surface area contributed by atoms with Crippen LogP contribution in [-0.4, -0.2) is 9.78 Å². The minimum absolute atomic E-state index is 0.0696. The molecule has 0 spiro atoms. The Bertz CT molecular complexity index is 602. The van der Waals surface area contributed by atoms with Crippen LogP contribution in [0.4, 0.5) is 4.39 Å². The van der Waals surface area contributed by atoms with Crippen LogP contribution in [0.3, 0.4) is 0 Å². The third-order valence-corrected chi connectivity index (χ3v) is 4.36. The maximum Gasteiger partial charge on any atom is 0.129 e. The first-order valence-corrected chi connectivity index (χ1v) is 7.38. The van der Waals surface area contributed by atoms with E-state index < -0.39 is 0 Å². The maximum atomic E-state index is 13.8. The summed E-state index contributed by atoms with van der Waals surface area (Å²) in [7, 11) is 0. The molecule has 0 fully saturated rings. The molecule has 1 atom stereocenters. The van der Waals surface area contributed by atoms with E-state index in [0.29, 0.717) is 17.1 Å². The standard InChI is InChI=1S/C15H17Cl2FN2/c1-4-12(16)15-9(2)19-20(10(15)3)8-11-13(17)6-5-7-14(11)18/h5-7,12H,4,8H2,1-3H3. The predicted octanol–water partition coefficient (Wildman–Crippen LogP) is 5.03. The largest absolute Gasteiger partial charge is 0.265 e. The first-order valence-electron chi connectivity index (χ1n) is 6.56. The summed E-state index contributed by atoms with van der Waals surface area (Å²) >= 11 is 12.4. The number of hydrogen-bond donors (Lipinski definition) is 0. The number of halogens is 3. The summed E-state index contributed by atoms with van der Waals surface area (Å²) in [5.74, 6) is -0.315. The zero-order valence-corrected chi connectivity index (χ0v) is 13.3. The topological polar surface area (TPSA) is 17.8 Å². The van der Waals surface area contributed by atoms with Gasteiger partial charge >= 0.3 is 0 Å². The third kappa shape index (κ3) is 2.84. The van der Waals surface area contributed by atoms with Crippen LogP contribution in [-0.2, 0) is 6.54 Å². The van der Waals surface area contributed by atoms with Crippen molar-refractivity contribution >= 4 is 23.2 Å². The average molecular weight is 315 g/mol. The number of nitrogens with zero attached hydrogens (tertiary/aromatic N) is 2. The summed E-state index contributed by atoms with van der Waals surface area (Å²) in [5, 5.41) is 4.81. The number of benzene rings is 1. The second kappa shape index (κ2) is 6.15. The molecule has 0 saturated carbocycles. The molecular weight excluding hydrogens is 298 g/mol. The van der Waals surface area contributed by atoms with Gasteiger partial charge in [0.15, 0.2) is 0 Å². The molecule has 2 aromatic rings. The number of aromatic nitrogens is 2. The first kappa shape index (κ1) is 15.3. The Kier molecular flexibility index (Phi) is 4.71. The first-order chi connectivity index (χ1) is 9.45. The van der Waals surface area contributed by atoms with Gasteiger partial charge in [-0.25, -0.2) is 4.39 Å². The average Bonchev–Trinajstić information content (AvgIpc) is 2.68. The van der Waals surface area contributed by atoms with Crippen LogP contribution >= 0.6 is 23.2 Å². The Morgan fingerprint density at radius 3 is 2.65 bits per heavy atom. The molecule has 2 rings (SSSR count). The molecule has 1 unspecified atom stereocenters. The number of rotatable bonds is 4. The fourth-order valence-corrected chi connectivity index (χ4v) is 2.89. The molecule has 0 bridgehead atoms. The van der Waals surface area contributed by atoms with Crippen LogP contribution in [0, 0.1) is 19.7 Å². The van der Waals surface area contributed by atoms with Crippen molar-refractivity contribution in [1.29, 1.82) is 0 Å². The lowest BCUT2D eigenvalue weighted by atomic mass is 10.1. The van der Waals surface area contributed by atoms with Crippen molar-refractivity contribution in [2.75, 3.05) is 0 Å². The summed E-state index contributed by atoms with van der Waals surface area (Å²) in [6, 6.07) is 4.69. The van der Waals surface area contributed by atoms with Crippen LogP contribution in [0.15, 0.2) is 18.2 Å². The van der Waals surface area contributed by atoms with Crippen LogP contribution in [0.5, 0.6) is 0 Å². The quantitative estimate of drug-likeness (QED) is 0.724. The minimum Gasteiger partial charge on any atom is -0.265 e.